The molecule has 116 heavy (non-hydrogen) atoms. The molecule has 0 aromatic heterocycles. The number of fused-ring (bicyclic) bond motifs is 12. The number of nitrogens with two attached hydrogens (primary N) is 1. The van der Waals surface area contributed by atoms with Crippen molar-refractivity contribution in [3.05, 3.63) is 152 Å². The van der Waals surface area contributed by atoms with Crippen LogP contribution in [0.25, 0.3) is 11.1 Å². The van der Waals surface area contributed by atoms with E-state index in [1.807, 2.05) is 18.6 Å². The average Bonchev–Trinajstić information content (AvgIpc) is 1.55. The number of ether oxygens (including phenoxy) is 5. The van der Waals surface area contributed by atoms with Gasteiger partial charge in [-0.2, -0.15) is 0 Å². The van der Waals surface area contributed by atoms with Gasteiger partial charge in [-0.3, -0.25) is 38.4 Å². The van der Waals surface area contributed by atoms with E-state index in [0.29, 0.717) is 18.4 Å². The highest BCUT2D eigenvalue weighted by molar-refractivity contribution is 7.90. The van der Waals surface area contributed by atoms with Gasteiger partial charge in [-0.15, -0.1) is 0 Å². The number of hydrogen-bond acceptors (Lipinski definition) is 26. The van der Waals surface area contributed by atoms with Crippen molar-refractivity contribution in [2.24, 2.45) is 35.3 Å². The van der Waals surface area contributed by atoms with E-state index in [2.05, 4.69) is 47.9 Å². The fourth-order valence-corrected chi connectivity index (χ4v) is 18.6. The number of aliphatic hydroxyl groups excluding tert-OH is 5. The van der Waals surface area contributed by atoms with Crippen LogP contribution >= 0.6 is 23.2 Å². The summed E-state index contributed by atoms with van der Waals surface area (Å²) in [5.74, 6) is -15.2. The first-order valence-corrected chi connectivity index (χ1v) is 40.2. The molecule has 0 radical (unpaired) electrons. The molecule has 0 unspecified atom stereocenters. The molecule has 4 saturated carbocycles. The maximum Gasteiger partial charge on any atom is 0.264 e. The molecule has 6 aliphatic heterocycles. The van der Waals surface area contributed by atoms with Crippen LogP contribution in [0.3, 0.4) is 0 Å². The second-order valence-electron chi connectivity index (χ2n) is 31.1. The molecule has 6 aromatic rings. The van der Waals surface area contributed by atoms with Crippen molar-refractivity contribution in [1.82, 2.24) is 52.6 Å². The molecule has 11 aliphatic rings. The van der Waals surface area contributed by atoms with Crippen LogP contribution < -0.4 is 77.3 Å². The second-order valence-corrected chi connectivity index (χ2v) is 33.6. The molecular weight excluding hydrogens is 1570 g/mol. The lowest BCUT2D eigenvalue weighted by Crippen LogP contribution is -2.60. The van der Waals surface area contributed by atoms with Gasteiger partial charge in [0.05, 0.1) is 27.4 Å². The Hall–Kier alpha value is -9.83. The van der Waals surface area contributed by atoms with Crippen LogP contribution in [0.5, 0.6) is 40.2 Å². The second kappa shape index (κ2) is 33.3. The van der Waals surface area contributed by atoms with Crippen molar-refractivity contribution in [3.63, 3.8) is 0 Å². The molecule has 15 bridgehead atoms. The van der Waals surface area contributed by atoms with E-state index in [1.165, 1.54) is 61.6 Å². The van der Waals surface area contributed by atoms with Gasteiger partial charge >= 0.3 is 0 Å². The average molecular weight is 1660 g/mol. The topological polar surface area (TPSA) is 525 Å². The smallest absolute Gasteiger partial charge is 0.264 e. The third-order valence-electron chi connectivity index (χ3n) is 22.8. The van der Waals surface area contributed by atoms with Gasteiger partial charge in [-0.1, -0.05) is 61.3 Å². The van der Waals surface area contributed by atoms with Crippen LogP contribution in [0.2, 0.25) is 10.0 Å². The minimum atomic E-state index is -4.89. The summed E-state index contributed by atoms with van der Waals surface area (Å²) in [6.07, 6.45) is -10.5. The quantitative estimate of drug-likeness (QED) is 0.0427. The number of phenols is 1. The lowest BCUT2D eigenvalue weighted by Gasteiger charge is -2.54. The Balaban J connectivity index is 0.954. The lowest BCUT2D eigenvalue weighted by atomic mass is 9.54. The molecular formula is C79H89Cl2N11O23S. The summed E-state index contributed by atoms with van der Waals surface area (Å²) in [5, 5.41) is 119. The van der Waals surface area contributed by atoms with Gasteiger partial charge in [0, 0.05) is 30.3 Å². The minimum absolute atomic E-state index is 0.0729. The first-order valence-electron chi connectivity index (χ1n) is 38.0. The van der Waals surface area contributed by atoms with Crippen molar-refractivity contribution in [2.45, 2.75) is 161 Å². The van der Waals surface area contributed by atoms with Gasteiger partial charge in [-0.25, -0.2) is 13.1 Å². The molecule has 20 N–H and O–H groups in total. The highest BCUT2D eigenvalue weighted by Gasteiger charge is 2.52. The van der Waals surface area contributed by atoms with Gasteiger partial charge < -0.3 is 118 Å². The van der Waals surface area contributed by atoms with E-state index in [1.54, 1.807) is 7.05 Å². The number of nitrogens with one attached hydrogen (secondary N) is 10. The highest BCUT2D eigenvalue weighted by Crippen LogP contribution is 2.56. The van der Waals surface area contributed by atoms with Crippen LogP contribution in [0.4, 0.5) is 0 Å². The van der Waals surface area contributed by atoms with Gasteiger partial charge in [-0.05, 0) is 200 Å². The third-order valence-corrected chi connectivity index (χ3v) is 24.8. The Kier molecular flexibility index (Phi) is 23.7. The number of carbonyl (C=O) groups is 8. The predicted molar refractivity (Wildman–Crippen MR) is 410 cm³/mol. The van der Waals surface area contributed by atoms with Crippen LogP contribution in [-0.4, -0.2) is 191 Å². The fourth-order valence-electron chi connectivity index (χ4n) is 17.2. The Labute approximate surface area is 674 Å². The standard InChI is InChI=1S/C79H89Cl2N11O23S/c1-32(2)17-50(84-4)71(100)90-63-65(95)36-6-13-52(48(80)24-36)112-54-26-40-27-55(70(54)115-78-69(99)68(98)67(97)56(31-82)114-78)113-53-14-7-37(25-49(53)81)66(96)64-77(106)89-62(75(104)86-59-38-19-33-18-34(21-38)22-39(59)20-33)45-28-41(93)29-47-58(45)44-23-35(5-12-46(44)79(47,107)108)60(73(102)91-64)88-74(103)61(40)87-72(101)51(85-76(63)105)30-57(94)92-116(109,110)43-10-8-42(9-11-43)111-16-15-83-3/h5-14,23-29,32-34,38-39,50-51,56,59-69,78,83-84,93,95-99,107-108H,15-22,30-31,82H2,1-4H3,(H,85,105)(H,86,104)(H,87,101)(H,88,103)(H,89,106)(H,90,100)(H,91,102)(H,92,94)/t33?,34?,38?,39?,50-,51+,56-,59?,60-,61-,62+,63-,64+,65-,66-,67-,68+,69-,78+/m1/s1. The summed E-state index contributed by atoms with van der Waals surface area (Å²) in [4.78, 5) is 124. The molecule has 37 heteroatoms. The summed E-state index contributed by atoms with van der Waals surface area (Å²) >= 11 is 14.3. The molecule has 5 fully saturated rings. The minimum Gasteiger partial charge on any atom is -0.508 e. The molecule has 618 valence electrons. The van der Waals surface area contributed by atoms with Crippen LogP contribution in [-0.2, 0) is 58.9 Å². The molecule has 8 amide bonds. The van der Waals surface area contributed by atoms with Crippen LogP contribution in [0.15, 0.2) is 108 Å². The van der Waals surface area contributed by atoms with E-state index >= 15 is 28.8 Å². The monoisotopic (exact) mass is 1660 g/mol. The predicted octanol–water partition coefficient (Wildman–Crippen LogP) is 1.40. The third kappa shape index (κ3) is 16.5. The molecule has 34 nitrogen and oxygen atoms in total. The maximum absolute atomic E-state index is 16.5. The molecule has 6 heterocycles. The molecule has 1 saturated heterocycles. The molecule has 6 aromatic carbocycles. The van der Waals surface area contributed by atoms with Gasteiger partial charge in [0.1, 0.15) is 102 Å². The highest BCUT2D eigenvalue weighted by atomic mass is 35.5. The van der Waals surface area contributed by atoms with E-state index in [9.17, 15) is 58.9 Å². The van der Waals surface area contributed by atoms with E-state index < -0.39 is 200 Å². The number of likely N-dealkylation sites (N-methyl/N-ethyl adjacent to an activating group) is 2. The lowest BCUT2D eigenvalue weighted by molar-refractivity contribution is -0.270. The number of sulfonamides is 1. The Morgan fingerprint density at radius 3 is 1.88 bits per heavy atom. The molecule has 17 rings (SSSR count). The zero-order valence-electron chi connectivity index (χ0n) is 62.9. The number of hydrogen-bond donors (Lipinski definition) is 19. The fraction of sp³-hybridized carbons (Fsp3) is 0.443. The first kappa shape index (κ1) is 82.7. The number of rotatable bonds is 18. The normalized spacial score (nSPS) is 28.7. The number of carbonyl (C=O) groups excluding carboxylic acids is 8. The van der Waals surface area contributed by atoms with Crippen molar-refractivity contribution in [1.29, 1.82) is 0 Å². The Morgan fingerprint density at radius 2 is 1.27 bits per heavy atom. The van der Waals surface area contributed by atoms with Crippen LogP contribution in [0, 0.1) is 29.6 Å². The number of benzene rings is 6. The van der Waals surface area contributed by atoms with Crippen molar-refractivity contribution in [3.8, 4) is 51.4 Å². The maximum atomic E-state index is 16.5. The first-order chi connectivity index (χ1) is 55.2. The van der Waals surface area contributed by atoms with E-state index in [4.69, 9.17) is 52.6 Å². The van der Waals surface area contributed by atoms with Gasteiger partial charge in [0.2, 0.25) is 65.1 Å². The summed E-state index contributed by atoms with van der Waals surface area (Å²) in [6.45, 7) is 3.76. The Bertz CT molecular complexity index is 4980. The zero-order chi connectivity index (χ0) is 82.8. The van der Waals surface area contributed by atoms with Gasteiger partial charge in [0.15, 0.2) is 11.5 Å². The summed E-state index contributed by atoms with van der Waals surface area (Å²) in [5.41, 5.74) is 3.75. The zero-order valence-corrected chi connectivity index (χ0v) is 65.2. The number of aliphatic hydroxyl groups is 7. The SMILES string of the molecule is CNCCOc1ccc(S(=O)(=O)NC(=O)C[C@@H]2NC(=O)[C@H](NC(=O)[C@@H](CC(C)C)NC)[C@H](O)c3ccc(c(Cl)c3)Oc3cc4cc(c3O[C@@H]3O[C@H](CN)[C@@H](O)[C@H](O)[C@H]3O)Oc3ccc(cc3Cl)[C@@H](O)[C@@H]3NC(=O)[C@H](NC(=O)[C@@H]4NC2=O)c2ccc4c(c2)-c2c(cc(O)cc2C4(O)O)[C@@H](C(=O)NC2C4CC5CC(C4)CC2C5)NC3=O)cc1. The van der Waals surface area contributed by atoms with Crippen LogP contribution in [0.1, 0.15) is 128 Å². The van der Waals surface area contributed by atoms with Crippen molar-refractivity contribution in [2.75, 3.05) is 33.8 Å². The number of amides is 8. The van der Waals surface area contributed by atoms with Crippen molar-refractivity contribution < 1.29 is 111 Å². The van der Waals surface area contributed by atoms with E-state index in [0.717, 1.165) is 80.6 Å². The summed E-state index contributed by atoms with van der Waals surface area (Å²) < 4.78 is 61.5. The summed E-state index contributed by atoms with van der Waals surface area (Å²) in [7, 11) is -1.74. The number of phenolic OH excluding ortho intramolecular Hbond substituents is 1. The summed E-state index contributed by atoms with van der Waals surface area (Å²) in [6, 6.07) is 5.11. The Morgan fingerprint density at radius 1 is 0.655 bits per heavy atom. The number of aromatic hydroxyl groups is 1. The molecule has 14 atom stereocenters. The van der Waals surface area contributed by atoms with Crippen molar-refractivity contribution >= 4 is 80.5 Å². The number of halogens is 2. The van der Waals surface area contributed by atoms with Gasteiger partial charge in [0.25, 0.3) is 10.0 Å². The van der Waals surface area contributed by atoms with E-state index in [-0.39, 0.29) is 104 Å². The molecule has 0 spiro atoms. The molecule has 5 aliphatic carbocycles. The largest absolute Gasteiger partial charge is 0.508 e.